The molecule has 72 valence electrons. The molecule has 1 atom stereocenters. The van der Waals surface area contributed by atoms with Gasteiger partial charge in [0.25, 0.3) is 0 Å². The third kappa shape index (κ3) is 1.10. The van der Waals surface area contributed by atoms with Gasteiger partial charge >= 0.3 is 0 Å². The van der Waals surface area contributed by atoms with E-state index in [9.17, 15) is 5.11 Å². The van der Waals surface area contributed by atoms with Gasteiger partial charge < -0.3 is 5.11 Å². The van der Waals surface area contributed by atoms with Gasteiger partial charge in [0.05, 0.1) is 12.3 Å². The summed E-state index contributed by atoms with van der Waals surface area (Å²) in [5.41, 5.74) is 2.43. The quantitative estimate of drug-likeness (QED) is 0.741. The SMILES string of the molecule is Cc1c(C2(C(C)O)CC2)cnn1C. The van der Waals surface area contributed by atoms with Gasteiger partial charge in [0.2, 0.25) is 0 Å². The van der Waals surface area contributed by atoms with Crippen LogP contribution in [0.2, 0.25) is 0 Å². The monoisotopic (exact) mass is 180 g/mol. The Kier molecular flexibility index (Phi) is 1.74. The number of nitrogens with zero attached hydrogens (tertiary/aromatic N) is 2. The molecule has 1 fully saturated rings. The number of aliphatic hydroxyl groups excluding tert-OH is 1. The molecule has 3 heteroatoms. The minimum absolute atomic E-state index is 0.0261. The lowest BCUT2D eigenvalue weighted by atomic mass is 9.91. The molecule has 2 rings (SSSR count). The van der Waals surface area contributed by atoms with Crippen LogP contribution >= 0.6 is 0 Å². The lowest BCUT2D eigenvalue weighted by molar-refractivity contribution is 0.150. The summed E-state index contributed by atoms with van der Waals surface area (Å²) in [4.78, 5) is 0. The number of aromatic nitrogens is 2. The summed E-state index contributed by atoms with van der Waals surface area (Å²) in [7, 11) is 1.94. The van der Waals surface area contributed by atoms with Gasteiger partial charge in [0.1, 0.15) is 0 Å². The normalized spacial score (nSPS) is 21.5. The molecule has 0 saturated heterocycles. The summed E-state index contributed by atoms with van der Waals surface area (Å²) in [6.45, 7) is 3.93. The Balaban J connectivity index is 2.41. The fraction of sp³-hybridized carbons (Fsp3) is 0.700. The van der Waals surface area contributed by atoms with Crippen LogP contribution in [0.1, 0.15) is 31.0 Å². The van der Waals surface area contributed by atoms with Gasteiger partial charge in [0.15, 0.2) is 0 Å². The average Bonchev–Trinajstić information content (AvgIpc) is 2.80. The summed E-state index contributed by atoms with van der Waals surface area (Å²) >= 11 is 0. The Morgan fingerprint density at radius 2 is 2.23 bits per heavy atom. The maximum atomic E-state index is 9.69. The van der Waals surface area contributed by atoms with Crippen molar-refractivity contribution in [2.24, 2.45) is 7.05 Å². The van der Waals surface area contributed by atoms with Crippen molar-refractivity contribution in [3.63, 3.8) is 0 Å². The zero-order valence-electron chi connectivity index (χ0n) is 8.41. The van der Waals surface area contributed by atoms with Crippen LogP contribution in [-0.4, -0.2) is 21.0 Å². The van der Waals surface area contributed by atoms with Gasteiger partial charge in [-0.05, 0) is 26.7 Å². The van der Waals surface area contributed by atoms with Crippen molar-refractivity contribution < 1.29 is 5.11 Å². The van der Waals surface area contributed by atoms with Gasteiger partial charge in [-0.1, -0.05) is 0 Å². The summed E-state index contributed by atoms with van der Waals surface area (Å²) < 4.78 is 1.87. The first-order chi connectivity index (χ1) is 6.08. The van der Waals surface area contributed by atoms with Crippen LogP contribution in [0.4, 0.5) is 0 Å². The number of hydrogen-bond acceptors (Lipinski definition) is 2. The highest BCUT2D eigenvalue weighted by atomic mass is 16.3. The van der Waals surface area contributed by atoms with Gasteiger partial charge in [-0.3, -0.25) is 4.68 Å². The van der Waals surface area contributed by atoms with Crippen LogP contribution < -0.4 is 0 Å². The molecular formula is C10H16N2O. The number of aryl methyl sites for hydroxylation is 1. The molecule has 1 saturated carbocycles. The lowest BCUT2D eigenvalue weighted by Crippen LogP contribution is -2.23. The molecule has 1 aliphatic rings. The summed E-state index contributed by atoms with van der Waals surface area (Å²) in [6.07, 6.45) is 3.83. The molecule has 13 heavy (non-hydrogen) atoms. The van der Waals surface area contributed by atoms with E-state index in [1.165, 1.54) is 11.3 Å². The van der Waals surface area contributed by atoms with Gasteiger partial charge in [-0.25, -0.2) is 0 Å². The van der Waals surface area contributed by atoms with Gasteiger partial charge in [-0.2, -0.15) is 5.10 Å². The van der Waals surface area contributed by atoms with E-state index in [1.807, 2.05) is 24.9 Å². The van der Waals surface area contributed by atoms with Crippen molar-refractivity contribution in [3.05, 3.63) is 17.5 Å². The zero-order chi connectivity index (χ0) is 9.64. The van der Waals surface area contributed by atoms with Gasteiger partial charge in [0, 0.05) is 23.7 Å². The fourth-order valence-corrected chi connectivity index (χ4v) is 2.03. The van der Waals surface area contributed by atoms with Crippen molar-refractivity contribution in [1.29, 1.82) is 0 Å². The molecule has 0 aromatic carbocycles. The van der Waals surface area contributed by atoms with Crippen LogP contribution in [0.15, 0.2) is 6.20 Å². The van der Waals surface area contributed by atoms with E-state index in [2.05, 4.69) is 12.0 Å². The minimum Gasteiger partial charge on any atom is -0.392 e. The average molecular weight is 180 g/mol. The van der Waals surface area contributed by atoms with Crippen LogP contribution in [0.5, 0.6) is 0 Å². The molecule has 3 nitrogen and oxygen atoms in total. The second-order valence-electron chi connectivity index (χ2n) is 4.10. The Morgan fingerprint density at radius 3 is 2.54 bits per heavy atom. The molecular weight excluding hydrogens is 164 g/mol. The van der Waals surface area contributed by atoms with Crippen LogP contribution in [0, 0.1) is 6.92 Å². The molecule has 1 aromatic heterocycles. The Hall–Kier alpha value is -0.830. The maximum Gasteiger partial charge on any atom is 0.0609 e. The number of hydrogen-bond donors (Lipinski definition) is 1. The van der Waals surface area contributed by atoms with Crippen molar-refractivity contribution in [1.82, 2.24) is 9.78 Å². The number of aliphatic hydroxyl groups is 1. The van der Waals surface area contributed by atoms with Crippen LogP contribution in [-0.2, 0) is 12.5 Å². The van der Waals surface area contributed by atoms with Crippen molar-refractivity contribution >= 4 is 0 Å². The first-order valence-electron chi connectivity index (χ1n) is 4.75. The lowest BCUT2D eigenvalue weighted by Gasteiger charge is -2.17. The highest BCUT2D eigenvalue weighted by Gasteiger charge is 2.50. The van der Waals surface area contributed by atoms with E-state index in [-0.39, 0.29) is 11.5 Å². The third-order valence-corrected chi connectivity index (χ3v) is 3.36. The predicted octanol–water partition coefficient (Wildman–Crippen LogP) is 1.14. The molecule has 1 N–H and O–H groups in total. The van der Waals surface area contributed by atoms with Gasteiger partial charge in [-0.15, -0.1) is 0 Å². The Labute approximate surface area is 78.4 Å². The summed E-state index contributed by atoms with van der Waals surface area (Å²) in [5.74, 6) is 0. The first kappa shape index (κ1) is 8.75. The smallest absolute Gasteiger partial charge is 0.0609 e. The molecule has 0 radical (unpaired) electrons. The fourth-order valence-electron chi connectivity index (χ4n) is 2.03. The topological polar surface area (TPSA) is 38.1 Å². The highest BCUT2D eigenvalue weighted by molar-refractivity contribution is 5.34. The number of rotatable bonds is 2. The summed E-state index contributed by atoms with van der Waals surface area (Å²) in [6, 6.07) is 0. The third-order valence-electron chi connectivity index (χ3n) is 3.36. The second-order valence-corrected chi connectivity index (χ2v) is 4.10. The Bertz CT molecular complexity index is 324. The highest BCUT2D eigenvalue weighted by Crippen LogP contribution is 2.51. The molecule has 0 bridgehead atoms. The van der Waals surface area contributed by atoms with Crippen LogP contribution in [0.3, 0.4) is 0 Å². The van der Waals surface area contributed by atoms with Crippen LogP contribution in [0.25, 0.3) is 0 Å². The molecule has 1 heterocycles. The van der Waals surface area contributed by atoms with Crippen molar-refractivity contribution in [2.45, 2.75) is 38.2 Å². The molecule has 0 spiro atoms. The minimum atomic E-state index is -0.254. The predicted molar refractivity (Wildman–Crippen MR) is 50.5 cm³/mol. The second kappa shape index (κ2) is 2.58. The molecule has 1 aliphatic carbocycles. The van der Waals surface area contributed by atoms with E-state index in [0.717, 1.165) is 12.8 Å². The molecule has 1 unspecified atom stereocenters. The Morgan fingerprint density at radius 1 is 1.62 bits per heavy atom. The van der Waals surface area contributed by atoms with Crippen molar-refractivity contribution in [2.75, 3.05) is 0 Å². The molecule has 0 aliphatic heterocycles. The largest absolute Gasteiger partial charge is 0.392 e. The van der Waals surface area contributed by atoms with E-state index in [4.69, 9.17) is 0 Å². The zero-order valence-corrected chi connectivity index (χ0v) is 8.41. The van der Waals surface area contributed by atoms with E-state index < -0.39 is 0 Å². The van der Waals surface area contributed by atoms with E-state index >= 15 is 0 Å². The molecule has 1 aromatic rings. The maximum absolute atomic E-state index is 9.69. The molecule has 0 amide bonds. The first-order valence-corrected chi connectivity index (χ1v) is 4.75. The van der Waals surface area contributed by atoms with Crippen molar-refractivity contribution in [3.8, 4) is 0 Å². The van der Waals surface area contributed by atoms with E-state index in [0.29, 0.717) is 0 Å². The van der Waals surface area contributed by atoms with E-state index in [1.54, 1.807) is 0 Å². The standard InChI is InChI=1S/C10H16N2O/c1-7-9(6-11-12(7)3)10(4-5-10)8(2)13/h6,8,13H,4-5H2,1-3H3. The summed E-state index contributed by atoms with van der Waals surface area (Å²) in [5, 5.41) is 13.9.